The molecule has 2 unspecified atom stereocenters. The maximum atomic E-state index is 12.0. The number of nitrogens with one attached hydrogen (secondary N) is 1. The molecule has 3 amide bonds. The van der Waals surface area contributed by atoms with Crippen LogP contribution in [0.1, 0.15) is 12.8 Å². The molecule has 0 aromatic rings. The summed E-state index contributed by atoms with van der Waals surface area (Å²) >= 11 is 0. The van der Waals surface area contributed by atoms with Gasteiger partial charge in [-0.25, -0.2) is 0 Å². The van der Waals surface area contributed by atoms with Crippen LogP contribution in [-0.4, -0.2) is 41.9 Å². The fourth-order valence-electron chi connectivity index (χ4n) is 2.42. The minimum atomic E-state index is -4.52. The predicted molar refractivity (Wildman–Crippen MR) is 61.1 cm³/mol. The van der Waals surface area contributed by atoms with Crippen LogP contribution < -0.4 is 5.32 Å². The number of amides is 3. The summed E-state index contributed by atoms with van der Waals surface area (Å²) in [5.74, 6) is -2.92. The van der Waals surface area contributed by atoms with E-state index >= 15 is 0 Å². The lowest BCUT2D eigenvalue weighted by Crippen LogP contribution is -2.43. The first-order valence-electron chi connectivity index (χ1n) is 6.13. The zero-order chi connectivity index (χ0) is 14.9. The SMILES string of the molecule is O=C(CN1C(=O)C2CC=CCC2C1=O)NCC(F)(F)F. The van der Waals surface area contributed by atoms with Gasteiger partial charge in [0.05, 0.1) is 11.8 Å². The molecule has 110 valence electrons. The minimum absolute atomic E-state index is 0.426. The highest BCUT2D eigenvalue weighted by molar-refractivity contribution is 6.07. The van der Waals surface area contributed by atoms with E-state index in [9.17, 15) is 27.6 Å². The zero-order valence-corrected chi connectivity index (χ0v) is 10.4. The minimum Gasteiger partial charge on any atom is -0.345 e. The van der Waals surface area contributed by atoms with Crippen molar-refractivity contribution in [3.63, 3.8) is 0 Å². The highest BCUT2D eigenvalue weighted by Gasteiger charge is 2.47. The maximum absolute atomic E-state index is 12.0. The van der Waals surface area contributed by atoms with Gasteiger partial charge in [-0.2, -0.15) is 13.2 Å². The summed E-state index contributed by atoms with van der Waals surface area (Å²) in [5.41, 5.74) is 0. The van der Waals surface area contributed by atoms with Gasteiger partial charge in [0, 0.05) is 0 Å². The highest BCUT2D eigenvalue weighted by Crippen LogP contribution is 2.34. The molecule has 1 heterocycles. The van der Waals surface area contributed by atoms with Crippen LogP contribution in [0.25, 0.3) is 0 Å². The first kappa shape index (κ1) is 14.5. The lowest BCUT2D eigenvalue weighted by molar-refractivity contribution is -0.146. The first-order valence-corrected chi connectivity index (χ1v) is 6.13. The van der Waals surface area contributed by atoms with Crippen molar-refractivity contribution in [1.82, 2.24) is 10.2 Å². The van der Waals surface area contributed by atoms with Gasteiger partial charge >= 0.3 is 6.18 Å². The van der Waals surface area contributed by atoms with Crippen LogP contribution in [0.4, 0.5) is 13.2 Å². The Bertz CT molecular complexity index is 447. The summed E-state index contributed by atoms with van der Waals surface area (Å²) in [4.78, 5) is 36.0. The molecule has 0 bridgehead atoms. The van der Waals surface area contributed by atoms with Gasteiger partial charge in [0.2, 0.25) is 17.7 Å². The number of rotatable bonds is 3. The number of hydrogen-bond donors (Lipinski definition) is 1. The average molecular weight is 290 g/mol. The van der Waals surface area contributed by atoms with Crippen LogP contribution in [0, 0.1) is 11.8 Å². The van der Waals surface area contributed by atoms with E-state index in [-0.39, 0.29) is 0 Å². The molecule has 5 nitrogen and oxygen atoms in total. The van der Waals surface area contributed by atoms with Crippen molar-refractivity contribution in [1.29, 1.82) is 0 Å². The van der Waals surface area contributed by atoms with E-state index in [2.05, 4.69) is 0 Å². The molecular weight excluding hydrogens is 277 g/mol. The summed E-state index contributed by atoms with van der Waals surface area (Å²) in [5, 5.41) is 1.65. The van der Waals surface area contributed by atoms with E-state index in [1.807, 2.05) is 0 Å². The van der Waals surface area contributed by atoms with Gasteiger partial charge < -0.3 is 5.32 Å². The van der Waals surface area contributed by atoms with Crippen LogP contribution in [0.2, 0.25) is 0 Å². The number of nitrogens with zero attached hydrogens (tertiary/aromatic N) is 1. The Hall–Kier alpha value is -1.86. The van der Waals surface area contributed by atoms with Crippen LogP contribution >= 0.6 is 0 Å². The van der Waals surface area contributed by atoms with Crippen molar-refractivity contribution in [3.05, 3.63) is 12.2 Å². The standard InChI is InChI=1S/C12H13F3N2O3/c13-12(14,15)6-16-9(18)5-17-10(19)7-3-1-2-4-8(7)11(17)20/h1-2,7-8H,3-6H2,(H,16,18). The van der Waals surface area contributed by atoms with Crippen LogP contribution in [0.15, 0.2) is 12.2 Å². The number of imide groups is 1. The average Bonchev–Trinajstić information content (AvgIpc) is 2.62. The van der Waals surface area contributed by atoms with Crippen LogP contribution in [-0.2, 0) is 14.4 Å². The van der Waals surface area contributed by atoms with E-state index in [0.29, 0.717) is 12.8 Å². The second-order valence-electron chi connectivity index (χ2n) is 4.81. The Morgan fingerprint density at radius 3 is 2.15 bits per heavy atom. The van der Waals surface area contributed by atoms with Crippen LogP contribution in [0.5, 0.6) is 0 Å². The lowest BCUT2D eigenvalue weighted by atomic mass is 9.85. The number of hydrogen-bond acceptors (Lipinski definition) is 3. The molecule has 1 aliphatic carbocycles. The van der Waals surface area contributed by atoms with Gasteiger partial charge in [-0.3, -0.25) is 19.3 Å². The fourth-order valence-corrected chi connectivity index (χ4v) is 2.42. The van der Waals surface area contributed by atoms with E-state index < -0.39 is 48.8 Å². The Balaban J connectivity index is 1.95. The van der Waals surface area contributed by atoms with Crippen molar-refractivity contribution in [3.8, 4) is 0 Å². The second-order valence-corrected chi connectivity index (χ2v) is 4.81. The number of carbonyl (C=O) groups excluding carboxylic acids is 3. The molecule has 2 rings (SSSR count). The summed E-state index contributed by atoms with van der Waals surface area (Å²) in [6.07, 6.45) is -0.0858. The van der Waals surface area contributed by atoms with Gasteiger partial charge in [0.15, 0.2) is 0 Å². The molecule has 0 saturated carbocycles. The second kappa shape index (κ2) is 5.26. The van der Waals surface area contributed by atoms with Crippen molar-refractivity contribution in [2.24, 2.45) is 11.8 Å². The van der Waals surface area contributed by atoms with Crippen molar-refractivity contribution >= 4 is 17.7 Å². The molecule has 20 heavy (non-hydrogen) atoms. The Labute approximate surface area is 112 Å². The van der Waals surface area contributed by atoms with Crippen molar-refractivity contribution in [2.75, 3.05) is 13.1 Å². The molecule has 0 aromatic heterocycles. The van der Waals surface area contributed by atoms with Crippen molar-refractivity contribution in [2.45, 2.75) is 19.0 Å². The van der Waals surface area contributed by atoms with Crippen LogP contribution in [0.3, 0.4) is 0 Å². The molecule has 0 spiro atoms. The third-order valence-corrected chi connectivity index (χ3v) is 3.39. The van der Waals surface area contributed by atoms with Gasteiger partial charge in [0.1, 0.15) is 13.1 Å². The molecule has 1 aliphatic heterocycles. The summed E-state index contributed by atoms with van der Waals surface area (Å²) < 4.78 is 35.9. The van der Waals surface area contributed by atoms with E-state index in [4.69, 9.17) is 0 Å². The number of alkyl halides is 3. The lowest BCUT2D eigenvalue weighted by Gasteiger charge is -2.15. The third kappa shape index (κ3) is 3.00. The molecule has 2 atom stereocenters. The maximum Gasteiger partial charge on any atom is 0.405 e. The summed E-state index contributed by atoms with van der Waals surface area (Å²) in [6.45, 7) is -2.13. The number of likely N-dealkylation sites (tertiary alicyclic amines) is 1. The molecule has 1 fully saturated rings. The highest BCUT2D eigenvalue weighted by atomic mass is 19.4. The monoisotopic (exact) mass is 290 g/mol. The summed E-state index contributed by atoms with van der Waals surface area (Å²) in [7, 11) is 0. The smallest absolute Gasteiger partial charge is 0.345 e. The topological polar surface area (TPSA) is 66.5 Å². The van der Waals surface area contributed by atoms with Gasteiger partial charge in [-0.05, 0) is 12.8 Å². The number of fused-ring (bicyclic) bond motifs is 1. The third-order valence-electron chi connectivity index (χ3n) is 3.39. The summed E-state index contributed by atoms with van der Waals surface area (Å²) in [6, 6.07) is 0. The Kier molecular flexibility index (Phi) is 3.82. The van der Waals surface area contributed by atoms with E-state index in [1.54, 1.807) is 17.5 Å². The normalized spacial score (nSPS) is 25.9. The quantitative estimate of drug-likeness (QED) is 0.612. The molecule has 8 heteroatoms. The number of halogens is 3. The largest absolute Gasteiger partial charge is 0.405 e. The fraction of sp³-hybridized carbons (Fsp3) is 0.583. The Morgan fingerprint density at radius 2 is 1.70 bits per heavy atom. The molecular formula is C12H13F3N2O3. The Morgan fingerprint density at radius 1 is 1.20 bits per heavy atom. The number of carbonyl (C=O) groups is 3. The van der Waals surface area contributed by atoms with E-state index in [0.717, 1.165) is 4.90 Å². The van der Waals surface area contributed by atoms with E-state index in [1.165, 1.54) is 0 Å². The molecule has 1 N–H and O–H groups in total. The molecule has 2 aliphatic rings. The predicted octanol–water partition coefficient (Wildman–Crippen LogP) is 0.616. The number of allylic oxidation sites excluding steroid dienone is 2. The molecule has 0 aromatic carbocycles. The van der Waals surface area contributed by atoms with Gasteiger partial charge in [0.25, 0.3) is 0 Å². The molecule has 1 saturated heterocycles. The van der Waals surface area contributed by atoms with Crippen molar-refractivity contribution < 1.29 is 27.6 Å². The van der Waals surface area contributed by atoms with Gasteiger partial charge in [-0.1, -0.05) is 12.2 Å². The molecule has 0 radical (unpaired) electrons. The van der Waals surface area contributed by atoms with Gasteiger partial charge in [-0.15, -0.1) is 0 Å². The zero-order valence-electron chi connectivity index (χ0n) is 10.4. The first-order chi connectivity index (χ1) is 9.29.